The second-order valence-corrected chi connectivity index (χ2v) is 5.32. The van der Waals surface area contributed by atoms with Gasteiger partial charge in [-0.25, -0.2) is 0 Å². The van der Waals surface area contributed by atoms with Gasteiger partial charge in [0.15, 0.2) is 0 Å². The highest BCUT2D eigenvalue weighted by molar-refractivity contribution is 5.66. The monoisotopic (exact) mass is 329 g/mol. The van der Waals surface area contributed by atoms with Gasteiger partial charge in [0.1, 0.15) is 30.5 Å². The zero-order valence-electron chi connectivity index (χ0n) is 13.5. The molecule has 0 aliphatic rings. The first kappa shape index (κ1) is 16.0. The summed E-state index contributed by atoms with van der Waals surface area (Å²) in [7, 11) is 1.60. The summed E-state index contributed by atoms with van der Waals surface area (Å²) < 4.78 is 12.3. The lowest BCUT2D eigenvalue weighted by atomic mass is 10.3. The third-order valence-electron chi connectivity index (χ3n) is 3.40. The maximum atomic E-state index is 10.1. The predicted octanol–water partition coefficient (Wildman–Crippen LogP) is 1.29. The van der Waals surface area contributed by atoms with Gasteiger partial charge in [-0.2, -0.15) is 9.61 Å². The first-order chi connectivity index (χ1) is 11.7. The molecule has 0 aliphatic carbocycles. The molecule has 0 saturated heterocycles. The van der Waals surface area contributed by atoms with Crippen LogP contribution in [0.25, 0.3) is 5.65 Å². The molecule has 8 nitrogen and oxygen atoms in total. The standard InChI is InChI=1S/C16H19N5O3/c1-11-6-15(16-19-18-10-21(16)20-11)17-8-12(22)9-24-14-5-3-4-13(7-14)23-2/h3-7,10,12,17,22H,8-9H2,1-2H3. The van der Waals surface area contributed by atoms with E-state index in [0.29, 0.717) is 23.7 Å². The quantitative estimate of drug-likeness (QED) is 0.674. The predicted molar refractivity (Wildman–Crippen MR) is 88.5 cm³/mol. The first-order valence-electron chi connectivity index (χ1n) is 7.52. The van der Waals surface area contributed by atoms with Gasteiger partial charge in [0, 0.05) is 12.6 Å². The average molecular weight is 329 g/mol. The fourth-order valence-corrected chi connectivity index (χ4v) is 2.25. The van der Waals surface area contributed by atoms with Gasteiger partial charge in [0.05, 0.1) is 18.5 Å². The molecule has 0 saturated carbocycles. The van der Waals surface area contributed by atoms with Crippen molar-refractivity contribution in [2.24, 2.45) is 0 Å². The normalized spacial score (nSPS) is 12.1. The number of aliphatic hydroxyl groups is 1. The zero-order valence-corrected chi connectivity index (χ0v) is 13.5. The molecular formula is C16H19N5O3. The second kappa shape index (κ2) is 7.14. The Morgan fingerprint density at radius 2 is 2.12 bits per heavy atom. The van der Waals surface area contributed by atoms with Crippen molar-refractivity contribution in [3.05, 3.63) is 42.4 Å². The summed E-state index contributed by atoms with van der Waals surface area (Å²) in [5.74, 6) is 1.36. The van der Waals surface area contributed by atoms with Crippen LogP contribution in [0.1, 0.15) is 5.69 Å². The van der Waals surface area contributed by atoms with Crippen molar-refractivity contribution in [2.75, 3.05) is 25.6 Å². The minimum Gasteiger partial charge on any atom is -0.497 e. The molecule has 1 atom stereocenters. The fraction of sp³-hybridized carbons (Fsp3) is 0.312. The molecule has 1 aromatic carbocycles. The van der Waals surface area contributed by atoms with E-state index >= 15 is 0 Å². The highest BCUT2D eigenvalue weighted by Crippen LogP contribution is 2.19. The Morgan fingerprint density at radius 3 is 2.96 bits per heavy atom. The zero-order chi connectivity index (χ0) is 16.9. The van der Waals surface area contributed by atoms with E-state index in [-0.39, 0.29) is 6.61 Å². The molecule has 0 amide bonds. The maximum Gasteiger partial charge on any atom is 0.200 e. The minimum absolute atomic E-state index is 0.160. The number of rotatable bonds is 7. The van der Waals surface area contributed by atoms with E-state index in [9.17, 15) is 5.11 Å². The van der Waals surface area contributed by atoms with Crippen LogP contribution in [-0.4, -0.2) is 51.3 Å². The first-order valence-corrected chi connectivity index (χ1v) is 7.52. The maximum absolute atomic E-state index is 10.1. The number of anilines is 1. The molecule has 2 heterocycles. The fourth-order valence-electron chi connectivity index (χ4n) is 2.25. The van der Waals surface area contributed by atoms with Crippen LogP contribution in [0, 0.1) is 6.92 Å². The Morgan fingerprint density at radius 1 is 1.29 bits per heavy atom. The molecule has 0 bridgehead atoms. The molecule has 0 radical (unpaired) electrons. The van der Waals surface area contributed by atoms with E-state index in [0.717, 1.165) is 11.4 Å². The average Bonchev–Trinajstić information content (AvgIpc) is 3.06. The van der Waals surface area contributed by atoms with Crippen molar-refractivity contribution >= 4 is 11.3 Å². The number of aliphatic hydroxyl groups excluding tert-OH is 1. The lowest BCUT2D eigenvalue weighted by molar-refractivity contribution is 0.117. The van der Waals surface area contributed by atoms with Gasteiger partial charge in [0.2, 0.25) is 5.65 Å². The largest absolute Gasteiger partial charge is 0.497 e. The molecule has 126 valence electrons. The summed E-state index contributed by atoms with van der Waals surface area (Å²) >= 11 is 0. The summed E-state index contributed by atoms with van der Waals surface area (Å²) in [4.78, 5) is 0. The summed E-state index contributed by atoms with van der Waals surface area (Å²) in [6.45, 7) is 2.36. The minimum atomic E-state index is -0.687. The van der Waals surface area contributed by atoms with E-state index in [1.54, 1.807) is 17.7 Å². The van der Waals surface area contributed by atoms with Gasteiger partial charge in [-0.1, -0.05) is 6.07 Å². The van der Waals surface area contributed by atoms with Crippen molar-refractivity contribution in [3.63, 3.8) is 0 Å². The third kappa shape index (κ3) is 3.72. The number of aryl methyl sites for hydroxylation is 1. The van der Waals surface area contributed by atoms with Gasteiger partial charge in [-0.3, -0.25) is 0 Å². The molecule has 0 aliphatic heterocycles. The summed E-state index contributed by atoms with van der Waals surface area (Å²) in [6, 6.07) is 9.11. The number of nitrogens with one attached hydrogen (secondary N) is 1. The number of aromatic nitrogens is 4. The van der Waals surface area contributed by atoms with E-state index in [1.807, 2.05) is 31.2 Å². The smallest absolute Gasteiger partial charge is 0.200 e. The van der Waals surface area contributed by atoms with E-state index in [2.05, 4.69) is 20.6 Å². The number of nitrogens with zero attached hydrogens (tertiary/aromatic N) is 4. The number of hydrogen-bond donors (Lipinski definition) is 2. The highest BCUT2D eigenvalue weighted by atomic mass is 16.5. The summed E-state index contributed by atoms with van der Waals surface area (Å²) in [5, 5.41) is 25.4. The number of fused-ring (bicyclic) bond motifs is 1. The lowest BCUT2D eigenvalue weighted by Crippen LogP contribution is -2.26. The van der Waals surface area contributed by atoms with Gasteiger partial charge in [0.25, 0.3) is 0 Å². The Balaban J connectivity index is 1.56. The molecular weight excluding hydrogens is 310 g/mol. The number of ether oxygens (including phenoxy) is 2. The van der Waals surface area contributed by atoms with Crippen LogP contribution in [-0.2, 0) is 0 Å². The second-order valence-electron chi connectivity index (χ2n) is 5.32. The molecule has 24 heavy (non-hydrogen) atoms. The van der Waals surface area contributed by atoms with Gasteiger partial charge in [-0.15, -0.1) is 10.2 Å². The Hall–Kier alpha value is -2.87. The Labute approximate surface area is 139 Å². The molecule has 8 heteroatoms. The summed E-state index contributed by atoms with van der Waals surface area (Å²) in [5.41, 5.74) is 2.20. The molecule has 3 aromatic rings. The van der Waals surface area contributed by atoms with Crippen LogP contribution < -0.4 is 14.8 Å². The molecule has 0 fully saturated rings. The van der Waals surface area contributed by atoms with E-state index < -0.39 is 6.10 Å². The number of methoxy groups -OCH3 is 1. The Kier molecular flexibility index (Phi) is 4.76. The summed E-state index contributed by atoms with van der Waals surface area (Å²) in [6.07, 6.45) is 0.850. The molecule has 3 rings (SSSR count). The van der Waals surface area contributed by atoms with Gasteiger partial charge < -0.3 is 19.9 Å². The molecule has 0 spiro atoms. The topological polar surface area (TPSA) is 93.8 Å². The van der Waals surface area contributed by atoms with Crippen molar-refractivity contribution in [1.29, 1.82) is 0 Å². The van der Waals surface area contributed by atoms with Crippen LogP contribution in [0.3, 0.4) is 0 Å². The van der Waals surface area contributed by atoms with Crippen molar-refractivity contribution < 1.29 is 14.6 Å². The molecule has 1 unspecified atom stereocenters. The van der Waals surface area contributed by atoms with Crippen molar-refractivity contribution in [1.82, 2.24) is 19.8 Å². The van der Waals surface area contributed by atoms with E-state index in [4.69, 9.17) is 9.47 Å². The highest BCUT2D eigenvalue weighted by Gasteiger charge is 2.10. The van der Waals surface area contributed by atoms with Crippen molar-refractivity contribution in [3.8, 4) is 11.5 Å². The van der Waals surface area contributed by atoms with Crippen LogP contribution >= 0.6 is 0 Å². The van der Waals surface area contributed by atoms with Gasteiger partial charge >= 0.3 is 0 Å². The van der Waals surface area contributed by atoms with Crippen LogP contribution in [0.15, 0.2) is 36.7 Å². The van der Waals surface area contributed by atoms with Crippen LogP contribution in [0.4, 0.5) is 5.69 Å². The molecule has 2 N–H and O–H groups in total. The van der Waals surface area contributed by atoms with Gasteiger partial charge in [-0.05, 0) is 25.1 Å². The third-order valence-corrected chi connectivity index (χ3v) is 3.40. The van der Waals surface area contributed by atoms with Crippen LogP contribution in [0.2, 0.25) is 0 Å². The van der Waals surface area contributed by atoms with Crippen LogP contribution in [0.5, 0.6) is 11.5 Å². The lowest BCUT2D eigenvalue weighted by Gasteiger charge is -2.15. The molecule has 2 aromatic heterocycles. The van der Waals surface area contributed by atoms with E-state index in [1.165, 1.54) is 6.33 Å². The van der Waals surface area contributed by atoms with Crippen molar-refractivity contribution in [2.45, 2.75) is 13.0 Å². The Bertz CT molecular complexity index is 820. The number of hydrogen-bond acceptors (Lipinski definition) is 7. The number of benzene rings is 1. The SMILES string of the molecule is COc1cccc(OCC(O)CNc2cc(C)nn3cnnc23)c1.